The number of amides is 1. The summed E-state index contributed by atoms with van der Waals surface area (Å²) in [5, 5.41) is 3.40. The fourth-order valence-corrected chi connectivity index (χ4v) is 2.64. The van der Waals surface area contributed by atoms with Gasteiger partial charge in [0.1, 0.15) is 18.9 Å². The zero-order chi connectivity index (χ0) is 19.2. The van der Waals surface area contributed by atoms with Crippen LogP contribution in [0.4, 0.5) is 0 Å². The summed E-state index contributed by atoms with van der Waals surface area (Å²) in [6.45, 7) is 1.72. The zero-order valence-electron chi connectivity index (χ0n) is 15.2. The van der Waals surface area contributed by atoms with Gasteiger partial charge >= 0.3 is 5.97 Å². The first-order valence-electron chi connectivity index (χ1n) is 8.50. The molecule has 1 heterocycles. The van der Waals surface area contributed by atoms with Gasteiger partial charge in [0.2, 0.25) is 0 Å². The van der Waals surface area contributed by atoms with Crippen LogP contribution in [0.15, 0.2) is 54.6 Å². The van der Waals surface area contributed by atoms with Gasteiger partial charge in [-0.15, -0.1) is 0 Å². The van der Waals surface area contributed by atoms with Gasteiger partial charge in [-0.1, -0.05) is 30.3 Å². The van der Waals surface area contributed by atoms with Gasteiger partial charge in [-0.25, -0.2) is 0 Å². The normalized spacial score (nSPS) is 10.4. The predicted molar refractivity (Wildman–Crippen MR) is 102 cm³/mol. The highest BCUT2D eigenvalue weighted by Gasteiger charge is 2.14. The quantitative estimate of drug-likeness (QED) is 0.680. The number of ether oxygens (including phenoxy) is 2. The molecular weight excluding hydrogens is 344 g/mol. The third-order valence-electron chi connectivity index (χ3n) is 4.10. The zero-order valence-corrected chi connectivity index (χ0v) is 15.2. The molecule has 1 aromatic heterocycles. The van der Waals surface area contributed by atoms with Gasteiger partial charge < -0.3 is 14.8 Å². The summed E-state index contributed by atoms with van der Waals surface area (Å²) < 4.78 is 10.3. The number of methoxy groups -OCH3 is 1. The molecule has 0 fully saturated rings. The Morgan fingerprint density at radius 1 is 1.07 bits per heavy atom. The van der Waals surface area contributed by atoms with E-state index in [0.29, 0.717) is 17.0 Å². The highest BCUT2D eigenvalue weighted by molar-refractivity contribution is 5.99. The molecule has 3 aromatic rings. The van der Waals surface area contributed by atoms with Crippen molar-refractivity contribution in [3.63, 3.8) is 0 Å². The minimum Gasteiger partial charge on any atom is -0.497 e. The minimum absolute atomic E-state index is 0.175. The highest BCUT2D eigenvalue weighted by Crippen LogP contribution is 2.21. The number of rotatable bonds is 6. The molecule has 0 aliphatic heterocycles. The third kappa shape index (κ3) is 4.61. The number of benzene rings is 2. The van der Waals surface area contributed by atoms with Crippen molar-refractivity contribution in [3.8, 4) is 5.75 Å². The predicted octanol–water partition coefficient (Wildman–Crippen LogP) is 3.03. The second kappa shape index (κ2) is 8.31. The van der Waals surface area contributed by atoms with E-state index in [1.165, 1.54) is 0 Å². The van der Waals surface area contributed by atoms with E-state index in [9.17, 15) is 9.59 Å². The number of aromatic nitrogens is 1. The maximum Gasteiger partial charge on any atom is 0.325 e. The second-order valence-electron chi connectivity index (χ2n) is 6.01. The van der Waals surface area contributed by atoms with E-state index in [0.717, 1.165) is 16.5 Å². The molecule has 0 spiro atoms. The molecule has 0 unspecified atom stereocenters. The Morgan fingerprint density at radius 3 is 2.59 bits per heavy atom. The van der Waals surface area contributed by atoms with E-state index in [1.807, 2.05) is 48.5 Å². The number of carbonyl (C=O) groups is 2. The van der Waals surface area contributed by atoms with Gasteiger partial charge in [-0.2, -0.15) is 0 Å². The lowest BCUT2D eigenvalue weighted by atomic mass is 10.1. The summed E-state index contributed by atoms with van der Waals surface area (Å²) in [6, 6.07) is 16.6. The molecule has 1 N–H and O–H groups in total. The average molecular weight is 364 g/mol. The number of aryl methyl sites for hydroxylation is 1. The molecule has 0 aliphatic carbocycles. The summed E-state index contributed by atoms with van der Waals surface area (Å²) in [5.41, 5.74) is 2.63. The summed E-state index contributed by atoms with van der Waals surface area (Å²) in [7, 11) is 1.59. The van der Waals surface area contributed by atoms with Crippen LogP contribution in [-0.2, 0) is 16.1 Å². The molecule has 2 aromatic carbocycles. The number of fused-ring (bicyclic) bond motifs is 1. The van der Waals surface area contributed by atoms with Crippen LogP contribution in [-0.4, -0.2) is 30.5 Å². The van der Waals surface area contributed by atoms with E-state index < -0.39 is 5.97 Å². The van der Waals surface area contributed by atoms with Gasteiger partial charge in [-0.3, -0.25) is 14.6 Å². The fraction of sp³-hybridized carbons (Fsp3) is 0.190. The molecule has 3 rings (SSSR count). The first-order valence-corrected chi connectivity index (χ1v) is 8.50. The van der Waals surface area contributed by atoms with E-state index >= 15 is 0 Å². The number of nitrogens with one attached hydrogen (secondary N) is 1. The van der Waals surface area contributed by atoms with Crippen LogP contribution in [0.25, 0.3) is 10.9 Å². The van der Waals surface area contributed by atoms with Crippen LogP contribution in [0.5, 0.6) is 5.75 Å². The highest BCUT2D eigenvalue weighted by atomic mass is 16.5. The van der Waals surface area contributed by atoms with Crippen LogP contribution in [0.1, 0.15) is 21.6 Å². The van der Waals surface area contributed by atoms with Gasteiger partial charge in [0, 0.05) is 11.5 Å². The Kier molecular flexibility index (Phi) is 5.66. The molecule has 0 radical (unpaired) electrons. The first-order chi connectivity index (χ1) is 13.1. The smallest absolute Gasteiger partial charge is 0.325 e. The van der Waals surface area contributed by atoms with Crippen LogP contribution in [0.2, 0.25) is 0 Å². The van der Waals surface area contributed by atoms with Crippen molar-refractivity contribution < 1.29 is 19.1 Å². The first kappa shape index (κ1) is 18.4. The summed E-state index contributed by atoms with van der Waals surface area (Å²) in [5.74, 6) is -0.162. The van der Waals surface area contributed by atoms with Gasteiger partial charge in [-0.05, 0) is 30.7 Å². The molecule has 6 heteroatoms. The van der Waals surface area contributed by atoms with Crippen molar-refractivity contribution >= 4 is 22.8 Å². The SMILES string of the molecule is COc1ccc2cc(C(=O)NCC(=O)OCc3ccccc3)c(C)nc2c1. The molecule has 1 amide bonds. The largest absolute Gasteiger partial charge is 0.497 e. The molecule has 0 atom stereocenters. The molecule has 6 nitrogen and oxygen atoms in total. The van der Waals surface area contributed by atoms with E-state index in [4.69, 9.17) is 9.47 Å². The summed E-state index contributed by atoms with van der Waals surface area (Å²) >= 11 is 0. The molecule has 138 valence electrons. The Morgan fingerprint density at radius 2 is 1.85 bits per heavy atom. The molecule has 0 aliphatic rings. The number of esters is 1. The van der Waals surface area contributed by atoms with Crippen LogP contribution < -0.4 is 10.1 Å². The van der Waals surface area contributed by atoms with Crippen molar-refractivity contribution in [3.05, 3.63) is 71.4 Å². The fourth-order valence-electron chi connectivity index (χ4n) is 2.64. The Balaban J connectivity index is 1.62. The average Bonchev–Trinajstić information content (AvgIpc) is 2.70. The third-order valence-corrected chi connectivity index (χ3v) is 4.10. The topological polar surface area (TPSA) is 77.5 Å². The molecule has 0 bridgehead atoms. The number of carbonyl (C=O) groups excluding carboxylic acids is 2. The van der Waals surface area contributed by atoms with E-state index in [1.54, 1.807) is 20.1 Å². The molecule has 0 saturated heterocycles. The molecule has 0 saturated carbocycles. The number of pyridine rings is 1. The van der Waals surface area contributed by atoms with Gasteiger partial charge in [0.15, 0.2) is 0 Å². The van der Waals surface area contributed by atoms with Gasteiger partial charge in [0.05, 0.1) is 23.9 Å². The lowest BCUT2D eigenvalue weighted by Crippen LogP contribution is -2.31. The van der Waals surface area contributed by atoms with E-state index in [2.05, 4.69) is 10.3 Å². The molecular formula is C21H20N2O4. The monoisotopic (exact) mass is 364 g/mol. The number of hydrogen-bond donors (Lipinski definition) is 1. The lowest BCUT2D eigenvalue weighted by Gasteiger charge is -2.10. The lowest BCUT2D eigenvalue weighted by molar-refractivity contribution is -0.143. The van der Waals surface area contributed by atoms with Crippen molar-refractivity contribution in [1.82, 2.24) is 10.3 Å². The standard InChI is InChI=1S/C21H20N2O4/c1-14-18(10-16-8-9-17(26-2)11-19(16)23-14)21(25)22-12-20(24)27-13-15-6-4-3-5-7-15/h3-11H,12-13H2,1-2H3,(H,22,25). The van der Waals surface area contributed by atoms with Crippen molar-refractivity contribution in [2.24, 2.45) is 0 Å². The second-order valence-corrected chi connectivity index (χ2v) is 6.01. The molecule has 27 heavy (non-hydrogen) atoms. The maximum atomic E-state index is 12.4. The summed E-state index contributed by atoms with van der Waals surface area (Å²) in [6.07, 6.45) is 0. The Bertz CT molecular complexity index is 971. The Labute approximate surface area is 157 Å². The van der Waals surface area contributed by atoms with Gasteiger partial charge in [0.25, 0.3) is 5.91 Å². The van der Waals surface area contributed by atoms with Crippen LogP contribution >= 0.6 is 0 Å². The van der Waals surface area contributed by atoms with Crippen molar-refractivity contribution in [2.45, 2.75) is 13.5 Å². The summed E-state index contributed by atoms with van der Waals surface area (Å²) in [4.78, 5) is 28.7. The Hall–Kier alpha value is -3.41. The van der Waals surface area contributed by atoms with Crippen molar-refractivity contribution in [1.29, 1.82) is 0 Å². The van der Waals surface area contributed by atoms with Crippen LogP contribution in [0.3, 0.4) is 0 Å². The number of nitrogens with zero attached hydrogens (tertiary/aromatic N) is 1. The maximum absolute atomic E-state index is 12.4. The number of hydrogen-bond acceptors (Lipinski definition) is 5. The van der Waals surface area contributed by atoms with Crippen LogP contribution in [0, 0.1) is 6.92 Å². The minimum atomic E-state index is -0.497. The van der Waals surface area contributed by atoms with E-state index in [-0.39, 0.29) is 19.1 Å². The van der Waals surface area contributed by atoms with Crippen molar-refractivity contribution in [2.75, 3.05) is 13.7 Å².